The Hall–Kier alpha value is -3.34. The van der Waals surface area contributed by atoms with Crippen LogP contribution in [0.25, 0.3) is 0 Å². The van der Waals surface area contributed by atoms with Gasteiger partial charge < -0.3 is 34.5 Å². The van der Waals surface area contributed by atoms with Crippen molar-refractivity contribution in [2.45, 2.75) is 66.3 Å². The zero-order valence-electron chi connectivity index (χ0n) is 22.4. The number of carbonyl (C=O) groups is 4. The van der Waals surface area contributed by atoms with Crippen molar-refractivity contribution in [3.05, 3.63) is 23.8 Å². The van der Waals surface area contributed by atoms with Crippen molar-refractivity contribution in [1.29, 1.82) is 0 Å². The lowest BCUT2D eigenvalue weighted by Crippen LogP contribution is -2.41. The molecule has 11 nitrogen and oxygen atoms in total. The summed E-state index contributed by atoms with van der Waals surface area (Å²) >= 11 is 0. The number of hydrogen-bond donors (Lipinski definition) is 2. The van der Waals surface area contributed by atoms with E-state index < -0.39 is 42.1 Å². The van der Waals surface area contributed by atoms with Gasteiger partial charge in [0.25, 0.3) is 0 Å². The van der Waals surface area contributed by atoms with Gasteiger partial charge in [0.2, 0.25) is 0 Å². The Kier molecular flexibility index (Phi) is 13.4. The maximum absolute atomic E-state index is 12.3. The highest BCUT2D eigenvalue weighted by molar-refractivity contribution is 5.75. The third-order valence-electron chi connectivity index (χ3n) is 5.73. The fraction of sp³-hybridized carbons (Fsp3) is 0.615. The van der Waals surface area contributed by atoms with Crippen molar-refractivity contribution in [3.8, 4) is 11.5 Å². The van der Waals surface area contributed by atoms with Crippen molar-refractivity contribution in [3.63, 3.8) is 0 Å². The molecule has 0 aromatic heterocycles. The van der Waals surface area contributed by atoms with Crippen LogP contribution in [0, 0.1) is 17.8 Å². The van der Waals surface area contributed by atoms with Crippen LogP contribution in [0.3, 0.4) is 0 Å². The quantitative estimate of drug-likeness (QED) is 0.200. The number of carbonyl (C=O) groups excluding carboxylic acids is 3. The van der Waals surface area contributed by atoms with Crippen molar-refractivity contribution < 1.29 is 48.0 Å². The van der Waals surface area contributed by atoms with Gasteiger partial charge in [0.15, 0.2) is 11.5 Å². The summed E-state index contributed by atoms with van der Waals surface area (Å²) in [6.07, 6.45) is -0.897. The molecule has 3 unspecified atom stereocenters. The van der Waals surface area contributed by atoms with E-state index in [1.54, 1.807) is 20.8 Å². The topological polar surface area (TPSA) is 161 Å². The number of carboxylic acid groups (broad SMARTS) is 1. The number of benzene rings is 1. The number of esters is 1. The van der Waals surface area contributed by atoms with E-state index >= 15 is 0 Å². The zero-order valence-corrected chi connectivity index (χ0v) is 22.4. The molecule has 3 N–H and O–H groups in total. The third kappa shape index (κ3) is 10.3. The molecule has 11 heteroatoms. The SMILES string of the molecule is CCCOC(=O)Oc1ccc(C(C(C)COC(=O)C(C)C(C)C)[C@H](N)C(=O)O)cc1OC(=O)OCCC. The minimum absolute atomic E-state index is 0.0728. The van der Waals surface area contributed by atoms with Gasteiger partial charge in [-0.2, -0.15) is 0 Å². The Bertz CT molecular complexity index is 917. The van der Waals surface area contributed by atoms with Crippen LogP contribution in [0.1, 0.15) is 65.9 Å². The predicted octanol–water partition coefficient (Wildman–Crippen LogP) is 4.50. The molecule has 0 aliphatic rings. The summed E-state index contributed by atoms with van der Waals surface area (Å²) in [4.78, 5) is 48.3. The van der Waals surface area contributed by atoms with Crippen LogP contribution >= 0.6 is 0 Å². The molecule has 0 aliphatic carbocycles. The predicted molar refractivity (Wildman–Crippen MR) is 133 cm³/mol. The van der Waals surface area contributed by atoms with Crippen molar-refractivity contribution >= 4 is 24.2 Å². The number of aliphatic carboxylic acids is 1. The van der Waals surface area contributed by atoms with E-state index in [1.807, 2.05) is 20.8 Å². The van der Waals surface area contributed by atoms with Gasteiger partial charge in [-0.05, 0) is 42.4 Å². The summed E-state index contributed by atoms with van der Waals surface area (Å²) < 4.78 is 25.7. The maximum atomic E-state index is 12.3. The molecule has 1 aromatic rings. The maximum Gasteiger partial charge on any atom is 0.513 e. The molecule has 0 heterocycles. The molecule has 4 atom stereocenters. The Labute approximate surface area is 217 Å². The molecule has 0 spiro atoms. The van der Waals surface area contributed by atoms with Gasteiger partial charge in [-0.1, -0.05) is 47.6 Å². The molecule has 0 amide bonds. The molecule has 0 radical (unpaired) electrons. The van der Waals surface area contributed by atoms with Crippen molar-refractivity contribution in [1.82, 2.24) is 0 Å². The fourth-order valence-corrected chi connectivity index (χ4v) is 3.27. The minimum atomic E-state index is -1.38. The number of ether oxygens (including phenoxy) is 5. The summed E-state index contributed by atoms with van der Waals surface area (Å²) in [6.45, 7) is 11.0. The first-order valence-corrected chi connectivity index (χ1v) is 12.4. The van der Waals surface area contributed by atoms with Crippen molar-refractivity contribution in [2.75, 3.05) is 19.8 Å². The standard InChI is InChI=1S/C26H39NO10/c1-7-11-33-25(31)36-19-10-9-18(13-20(19)37-26(32)34-12-8-2)21(22(27)23(28)29)16(5)14-35-24(30)17(6)15(3)4/h9-10,13,15-17,21-22H,7-8,11-12,14,27H2,1-6H3,(H,28,29)/t16?,17?,21?,22-/m0/s1. The molecule has 37 heavy (non-hydrogen) atoms. The molecular formula is C26H39NO10. The highest BCUT2D eigenvalue weighted by Crippen LogP contribution is 2.36. The molecule has 0 aliphatic heterocycles. The van der Waals surface area contributed by atoms with E-state index in [9.17, 15) is 24.3 Å². The van der Waals surface area contributed by atoms with Crippen molar-refractivity contribution in [2.24, 2.45) is 23.5 Å². The van der Waals surface area contributed by atoms with Crippen LogP contribution in [-0.4, -0.2) is 55.2 Å². The smallest absolute Gasteiger partial charge is 0.480 e. The van der Waals surface area contributed by atoms with Crippen LogP contribution in [0.4, 0.5) is 9.59 Å². The monoisotopic (exact) mass is 525 g/mol. The number of nitrogens with two attached hydrogens (primary N) is 1. The van der Waals surface area contributed by atoms with Crippen LogP contribution < -0.4 is 15.2 Å². The molecular weight excluding hydrogens is 486 g/mol. The largest absolute Gasteiger partial charge is 0.513 e. The molecule has 0 saturated carbocycles. The Morgan fingerprint density at radius 1 is 0.865 bits per heavy atom. The van der Waals surface area contributed by atoms with Crippen LogP contribution in [0.5, 0.6) is 11.5 Å². The average Bonchev–Trinajstić information content (AvgIpc) is 2.85. The molecule has 1 aromatic carbocycles. The minimum Gasteiger partial charge on any atom is -0.480 e. The van der Waals surface area contributed by atoms with E-state index in [2.05, 4.69) is 0 Å². The van der Waals surface area contributed by atoms with Crippen LogP contribution in [0.15, 0.2) is 18.2 Å². The van der Waals surface area contributed by atoms with Gasteiger partial charge in [0, 0.05) is 5.92 Å². The molecule has 208 valence electrons. The molecule has 0 fully saturated rings. The second-order valence-electron chi connectivity index (χ2n) is 9.14. The van der Waals surface area contributed by atoms with Gasteiger partial charge in [-0.15, -0.1) is 0 Å². The lowest BCUT2D eigenvalue weighted by Gasteiger charge is -2.28. The first-order valence-electron chi connectivity index (χ1n) is 12.4. The summed E-state index contributed by atoms with van der Waals surface area (Å²) in [6, 6.07) is 2.80. The van der Waals surface area contributed by atoms with E-state index in [1.165, 1.54) is 18.2 Å². The van der Waals surface area contributed by atoms with Gasteiger partial charge in [-0.25, -0.2) is 9.59 Å². The highest BCUT2D eigenvalue weighted by atomic mass is 16.7. The summed E-state index contributed by atoms with van der Waals surface area (Å²) in [5.41, 5.74) is 6.38. The lowest BCUT2D eigenvalue weighted by molar-refractivity contribution is -0.151. The lowest BCUT2D eigenvalue weighted by atomic mass is 9.82. The average molecular weight is 526 g/mol. The second kappa shape index (κ2) is 15.7. The highest BCUT2D eigenvalue weighted by Gasteiger charge is 2.33. The summed E-state index contributed by atoms with van der Waals surface area (Å²) in [7, 11) is 0. The first kappa shape index (κ1) is 31.7. The second-order valence-corrected chi connectivity index (χ2v) is 9.14. The molecule has 1 rings (SSSR count). The molecule has 0 bridgehead atoms. The van der Waals surface area contributed by atoms with E-state index in [-0.39, 0.29) is 43.2 Å². The van der Waals surface area contributed by atoms with Gasteiger partial charge in [0.05, 0.1) is 25.7 Å². The fourth-order valence-electron chi connectivity index (χ4n) is 3.27. The van der Waals surface area contributed by atoms with E-state index in [0.29, 0.717) is 18.4 Å². The Morgan fingerprint density at radius 2 is 1.41 bits per heavy atom. The number of rotatable bonds is 14. The normalized spacial score (nSPS) is 14.2. The Morgan fingerprint density at radius 3 is 1.89 bits per heavy atom. The third-order valence-corrected chi connectivity index (χ3v) is 5.73. The number of carboxylic acids is 1. The van der Waals surface area contributed by atoms with E-state index in [0.717, 1.165) is 0 Å². The van der Waals surface area contributed by atoms with Gasteiger partial charge in [0.1, 0.15) is 6.04 Å². The van der Waals surface area contributed by atoms with Gasteiger partial charge in [-0.3, -0.25) is 9.59 Å². The summed E-state index contributed by atoms with van der Waals surface area (Å²) in [5.74, 6) is -3.64. The molecule has 0 saturated heterocycles. The summed E-state index contributed by atoms with van der Waals surface area (Å²) in [5, 5.41) is 9.64. The first-order chi connectivity index (χ1) is 17.4. The van der Waals surface area contributed by atoms with Crippen LogP contribution in [-0.2, 0) is 23.8 Å². The van der Waals surface area contributed by atoms with Crippen LogP contribution in [0.2, 0.25) is 0 Å². The zero-order chi connectivity index (χ0) is 28.1. The Balaban J connectivity index is 3.32. The number of hydrogen-bond acceptors (Lipinski definition) is 10. The van der Waals surface area contributed by atoms with E-state index in [4.69, 9.17) is 29.4 Å². The van der Waals surface area contributed by atoms with Gasteiger partial charge >= 0.3 is 24.2 Å².